The van der Waals surface area contributed by atoms with E-state index in [2.05, 4.69) is 11.4 Å². The molecule has 2 aromatic carbocycles. The number of alkyl halides is 3. The molecule has 6 atom stereocenters. The molecule has 1 saturated heterocycles. The van der Waals surface area contributed by atoms with E-state index in [1.807, 2.05) is 29.8 Å². The molecule has 0 aliphatic carbocycles. The molecular weight excluding hydrogens is 651 g/mol. The zero-order valence-electron chi connectivity index (χ0n) is 27.7. The van der Waals surface area contributed by atoms with Crippen LogP contribution in [-0.4, -0.2) is 90.5 Å². The van der Waals surface area contributed by atoms with Crippen LogP contribution >= 0.6 is 0 Å². The van der Waals surface area contributed by atoms with Crippen molar-refractivity contribution in [2.45, 2.75) is 83.0 Å². The Morgan fingerprint density at radius 3 is 2.47 bits per heavy atom. The third-order valence-electron chi connectivity index (χ3n) is 9.98. The molecule has 2 bridgehead atoms. The maximum absolute atomic E-state index is 13.2. The standard InChI is InChI=1S/C33H36F3N5O8/c1-13-7-17-8-19-21(10-37)41-20(25(40(19)5)23(17)26(43)27(13)46-6)9-18-24(30-29(47-12-48-30)14(2)28(18)49-16(4)42)22(41)11-38-31(44)15(3)39-32(45)33(34,35)36/h7,15,19-22,25,43H,8-9,11-12H2,1-6H3,(H,38,44)(H,39,45)/t15-,19-,20?,21-,22-,25?/m0/s1. The number of nitrogens with one attached hydrogen (secondary N) is 2. The average Bonchev–Trinajstić information content (AvgIpc) is 3.52. The molecule has 16 heteroatoms. The highest BCUT2D eigenvalue weighted by Crippen LogP contribution is 2.58. The number of aromatic hydroxyl groups is 1. The number of esters is 1. The van der Waals surface area contributed by atoms with Crippen molar-refractivity contribution in [3.63, 3.8) is 0 Å². The van der Waals surface area contributed by atoms with E-state index < -0.39 is 54.2 Å². The summed E-state index contributed by atoms with van der Waals surface area (Å²) in [6.07, 6.45) is -4.57. The summed E-state index contributed by atoms with van der Waals surface area (Å²) in [6.45, 7) is 5.55. The maximum atomic E-state index is 13.2. The van der Waals surface area contributed by atoms with E-state index in [-0.39, 0.29) is 37.3 Å². The van der Waals surface area contributed by atoms with Crippen LogP contribution in [0.2, 0.25) is 0 Å². The molecule has 0 radical (unpaired) electrons. The summed E-state index contributed by atoms with van der Waals surface area (Å²) in [5, 5.41) is 26.7. The highest BCUT2D eigenvalue weighted by molar-refractivity contribution is 5.89. The number of nitriles is 1. The average molecular weight is 688 g/mol. The number of rotatable bonds is 6. The number of carbonyl (C=O) groups is 3. The van der Waals surface area contributed by atoms with E-state index in [0.717, 1.165) is 18.1 Å². The van der Waals surface area contributed by atoms with Gasteiger partial charge in [0.2, 0.25) is 12.7 Å². The number of phenolic OH excluding ortho intramolecular Hbond substituents is 1. The molecule has 6 rings (SSSR count). The highest BCUT2D eigenvalue weighted by atomic mass is 19.4. The predicted octanol–water partition coefficient (Wildman–Crippen LogP) is 2.63. The van der Waals surface area contributed by atoms with Gasteiger partial charge in [0.05, 0.1) is 25.3 Å². The van der Waals surface area contributed by atoms with Crippen molar-refractivity contribution in [2.75, 3.05) is 27.5 Å². The first-order valence-electron chi connectivity index (χ1n) is 15.7. The first-order chi connectivity index (χ1) is 23.1. The normalized spacial score (nSPS) is 24.4. The van der Waals surface area contributed by atoms with E-state index in [4.69, 9.17) is 18.9 Å². The lowest BCUT2D eigenvalue weighted by Gasteiger charge is -2.60. The third-order valence-corrected chi connectivity index (χ3v) is 9.98. The number of hydrogen-bond acceptors (Lipinski definition) is 11. The Hall–Kier alpha value is -4.75. The summed E-state index contributed by atoms with van der Waals surface area (Å²) < 4.78 is 61.9. The highest BCUT2D eigenvalue weighted by Gasteiger charge is 2.57. The van der Waals surface area contributed by atoms with Gasteiger partial charge in [0.25, 0.3) is 0 Å². The van der Waals surface area contributed by atoms with Gasteiger partial charge in [-0.1, -0.05) is 6.07 Å². The van der Waals surface area contributed by atoms with Gasteiger partial charge in [-0.3, -0.25) is 24.2 Å². The number of aryl methyl sites for hydroxylation is 1. The zero-order chi connectivity index (χ0) is 35.7. The maximum Gasteiger partial charge on any atom is 0.471 e. The lowest BCUT2D eigenvalue weighted by molar-refractivity contribution is -0.174. The lowest BCUT2D eigenvalue weighted by atomic mass is 9.71. The van der Waals surface area contributed by atoms with Crippen molar-refractivity contribution < 1.29 is 51.6 Å². The minimum Gasteiger partial charge on any atom is -0.504 e. The van der Waals surface area contributed by atoms with E-state index in [9.17, 15) is 37.9 Å². The largest absolute Gasteiger partial charge is 0.504 e. The summed E-state index contributed by atoms with van der Waals surface area (Å²) >= 11 is 0. The van der Waals surface area contributed by atoms with Crippen molar-refractivity contribution in [1.29, 1.82) is 5.26 Å². The van der Waals surface area contributed by atoms with Gasteiger partial charge in [0.15, 0.2) is 23.0 Å². The minimum absolute atomic E-state index is 0.0323. The van der Waals surface area contributed by atoms with E-state index in [1.54, 1.807) is 12.2 Å². The number of phenols is 1. The molecule has 4 aliphatic rings. The molecule has 0 aromatic heterocycles. The van der Waals surface area contributed by atoms with Crippen molar-refractivity contribution >= 4 is 17.8 Å². The van der Waals surface area contributed by atoms with Gasteiger partial charge in [-0.2, -0.15) is 18.4 Å². The molecule has 2 aromatic rings. The van der Waals surface area contributed by atoms with Crippen LogP contribution in [0.15, 0.2) is 6.07 Å². The van der Waals surface area contributed by atoms with Crippen LogP contribution < -0.4 is 29.6 Å². The molecule has 49 heavy (non-hydrogen) atoms. The second-order valence-corrected chi connectivity index (χ2v) is 12.8. The van der Waals surface area contributed by atoms with Crippen LogP contribution in [0.25, 0.3) is 0 Å². The Morgan fingerprint density at radius 2 is 1.84 bits per heavy atom. The van der Waals surface area contributed by atoms with Gasteiger partial charge in [0, 0.05) is 47.8 Å². The predicted molar refractivity (Wildman–Crippen MR) is 164 cm³/mol. The molecule has 4 heterocycles. The SMILES string of the molecule is COc1c(C)cc2c(c1O)C1C3Cc4c(OC(C)=O)c(C)c5c(c4[C@H](CNC(=O)[C@H](C)NC(=O)C(F)(F)F)N3[C@@H](C#N)[C@H](C2)N1C)OCO5. The Bertz CT molecular complexity index is 1790. The number of methoxy groups -OCH3 is 1. The fraction of sp³-hybridized carbons (Fsp3) is 0.515. The number of likely N-dealkylation sites (N-methyl/N-ethyl adjacent to an activating group) is 1. The van der Waals surface area contributed by atoms with E-state index >= 15 is 0 Å². The second-order valence-electron chi connectivity index (χ2n) is 12.8. The van der Waals surface area contributed by atoms with E-state index in [0.29, 0.717) is 45.9 Å². The number of ether oxygens (including phenoxy) is 4. The number of carbonyl (C=O) groups excluding carboxylic acids is 3. The quantitative estimate of drug-likeness (QED) is 0.302. The lowest BCUT2D eigenvalue weighted by Crippen LogP contribution is -2.69. The molecule has 3 N–H and O–H groups in total. The topological polar surface area (TPSA) is 163 Å². The number of fused-ring (bicyclic) bond motifs is 9. The van der Waals surface area contributed by atoms with Gasteiger partial charge >= 0.3 is 18.1 Å². The summed E-state index contributed by atoms with van der Waals surface area (Å²) in [7, 11) is 3.34. The number of nitrogens with zero attached hydrogens (tertiary/aromatic N) is 3. The van der Waals surface area contributed by atoms with Crippen molar-refractivity contribution in [1.82, 2.24) is 20.4 Å². The molecule has 1 fully saturated rings. The third kappa shape index (κ3) is 5.45. The Morgan fingerprint density at radius 1 is 1.14 bits per heavy atom. The van der Waals surface area contributed by atoms with Crippen molar-refractivity contribution in [3.8, 4) is 34.8 Å². The molecule has 2 unspecified atom stereocenters. The van der Waals surface area contributed by atoms with Gasteiger partial charge < -0.3 is 34.7 Å². The number of benzene rings is 2. The first kappa shape index (κ1) is 34.1. The zero-order valence-corrected chi connectivity index (χ0v) is 27.7. The monoisotopic (exact) mass is 687 g/mol. The van der Waals surface area contributed by atoms with Crippen LogP contribution in [0.5, 0.6) is 28.7 Å². The van der Waals surface area contributed by atoms with Crippen LogP contribution in [0.3, 0.4) is 0 Å². The molecule has 4 aliphatic heterocycles. The second kappa shape index (κ2) is 12.3. The van der Waals surface area contributed by atoms with E-state index in [1.165, 1.54) is 14.0 Å². The molecule has 262 valence electrons. The number of hydrogen-bond donors (Lipinski definition) is 3. The Kier molecular flexibility index (Phi) is 8.56. The van der Waals surface area contributed by atoms with Crippen LogP contribution in [0.4, 0.5) is 13.2 Å². The van der Waals surface area contributed by atoms with Crippen LogP contribution in [0.1, 0.15) is 59.3 Å². The van der Waals surface area contributed by atoms with Gasteiger partial charge in [0.1, 0.15) is 17.8 Å². The number of piperazine rings is 1. The van der Waals surface area contributed by atoms with Crippen LogP contribution in [0, 0.1) is 25.2 Å². The summed E-state index contributed by atoms with van der Waals surface area (Å²) in [4.78, 5) is 41.2. The molecule has 2 amide bonds. The fourth-order valence-corrected chi connectivity index (χ4v) is 8.01. The first-order valence-corrected chi connectivity index (χ1v) is 15.7. The van der Waals surface area contributed by atoms with Crippen molar-refractivity contribution in [3.05, 3.63) is 39.4 Å². The molecule has 0 saturated carbocycles. The summed E-state index contributed by atoms with van der Waals surface area (Å²) in [5.41, 5.74) is 3.76. The summed E-state index contributed by atoms with van der Waals surface area (Å²) in [6, 6.07) is -0.231. The van der Waals surface area contributed by atoms with Gasteiger partial charge in [-0.25, -0.2) is 0 Å². The van der Waals surface area contributed by atoms with Gasteiger partial charge in [-0.05, 0) is 51.8 Å². The molecule has 0 spiro atoms. The molecule has 13 nitrogen and oxygen atoms in total. The fourth-order valence-electron chi connectivity index (χ4n) is 8.01. The molecular formula is C33H36F3N5O8. The van der Waals surface area contributed by atoms with Crippen LogP contribution in [-0.2, 0) is 27.2 Å². The smallest absolute Gasteiger partial charge is 0.471 e. The number of amides is 2. The minimum atomic E-state index is -5.19. The van der Waals surface area contributed by atoms with Gasteiger partial charge in [-0.15, -0.1) is 0 Å². The Labute approximate surface area is 279 Å². The van der Waals surface area contributed by atoms with Crippen molar-refractivity contribution in [2.24, 2.45) is 0 Å². The Balaban J connectivity index is 1.52. The number of halogens is 3. The summed E-state index contributed by atoms with van der Waals surface area (Å²) in [5.74, 6) is -2.58.